The molecule has 0 aliphatic carbocycles. The summed E-state index contributed by atoms with van der Waals surface area (Å²) in [7, 11) is -4.49. The van der Waals surface area contributed by atoms with E-state index in [4.69, 9.17) is 5.73 Å². The molecule has 1 atom stereocenters. The second kappa shape index (κ2) is 4.19. The van der Waals surface area contributed by atoms with Gasteiger partial charge in [-0.25, -0.2) is 0 Å². The van der Waals surface area contributed by atoms with Gasteiger partial charge in [0.2, 0.25) is 0 Å². The Balaban J connectivity index is 2.87. The molecule has 0 saturated heterocycles. The van der Waals surface area contributed by atoms with Crippen molar-refractivity contribution in [2.24, 2.45) is 11.1 Å². The van der Waals surface area contributed by atoms with E-state index in [0.29, 0.717) is 0 Å². The van der Waals surface area contributed by atoms with Crippen LogP contribution in [0.3, 0.4) is 0 Å². The quantitative estimate of drug-likeness (QED) is 0.833. The van der Waals surface area contributed by atoms with Crippen LogP contribution in [0, 0.1) is 5.41 Å². The highest BCUT2D eigenvalue weighted by atomic mass is 32.3. The van der Waals surface area contributed by atoms with Crippen molar-refractivity contribution in [3.05, 3.63) is 22.4 Å². The SMILES string of the molecule is CC(C)(CS(=O)(=O)F)C(N)c1cccs1. The van der Waals surface area contributed by atoms with Gasteiger partial charge in [-0.2, -0.15) is 8.42 Å². The summed E-state index contributed by atoms with van der Waals surface area (Å²) in [4.78, 5) is 0.864. The van der Waals surface area contributed by atoms with E-state index in [1.807, 2.05) is 17.5 Å². The maximum Gasteiger partial charge on any atom is 0.303 e. The van der Waals surface area contributed by atoms with Gasteiger partial charge in [-0.15, -0.1) is 15.2 Å². The van der Waals surface area contributed by atoms with Crippen molar-refractivity contribution in [1.29, 1.82) is 0 Å². The minimum absolute atomic E-state index is 0.469. The molecule has 86 valence electrons. The van der Waals surface area contributed by atoms with Gasteiger partial charge in [0, 0.05) is 16.3 Å². The molecular weight excluding hydrogens is 237 g/mol. The number of nitrogens with two attached hydrogens (primary N) is 1. The molecule has 3 nitrogen and oxygen atoms in total. The Morgan fingerprint density at radius 1 is 1.60 bits per heavy atom. The normalized spacial score (nSPS) is 15.2. The third-order valence-corrected chi connectivity index (χ3v) is 4.28. The van der Waals surface area contributed by atoms with Gasteiger partial charge in [-0.3, -0.25) is 0 Å². The topological polar surface area (TPSA) is 60.2 Å². The summed E-state index contributed by atoms with van der Waals surface area (Å²) < 4.78 is 33.8. The van der Waals surface area contributed by atoms with Crippen molar-refractivity contribution in [1.82, 2.24) is 0 Å². The predicted molar refractivity (Wildman–Crippen MR) is 59.9 cm³/mol. The number of hydrogen-bond donors (Lipinski definition) is 1. The first-order valence-corrected chi connectivity index (χ1v) is 6.87. The molecule has 0 spiro atoms. The fourth-order valence-corrected chi connectivity index (χ4v) is 3.39. The van der Waals surface area contributed by atoms with E-state index in [1.54, 1.807) is 13.8 Å². The van der Waals surface area contributed by atoms with Gasteiger partial charge in [0.25, 0.3) is 0 Å². The molecule has 1 heterocycles. The van der Waals surface area contributed by atoms with Crippen LogP contribution in [0.4, 0.5) is 3.89 Å². The molecule has 15 heavy (non-hydrogen) atoms. The second-order valence-electron chi connectivity index (χ2n) is 4.16. The van der Waals surface area contributed by atoms with Gasteiger partial charge in [0.15, 0.2) is 0 Å². The van der Waals surface area contributed by atoms with E-state index in [0.717, 1.165) is 4.88 Å². The van der Waals surface area contributed by atoms with Crippen molar-refractivity contribution >= 4 is 21.6 Å². The third-order valence-electron chi connectivity index (χ3n) is 2.24. The molecule has 0 fully saturated rings. The van der Waals surface area contributed by atoms with Crippen LogP contribution in [0.2, 0.25) is 0 Å². The van der Waals surface area contributed by atoms with Crippen LogP contribution in [0.15, 0.2) is 17.5 Å². The molecule has 0 saturated carbocycles. The Bertz CT molecular complexity index is 411. The van der Waals surface area contributed by atoms with Gasteiger partial charge < -0.3 is 5.73 Å². The summed E-state index contributed by atoms with van der Waals surface area (Å²) in [5.74, 6) is -0.556. The predicted octanol–water partition coefficient (Wildman–Crippen LogP) is 2.07. The summed E-state index contributed by atoms with van der Waals surface area (Å²) >= 11 is 1.44. The maximum atomic E-state index is 12.6. The van der Waals surface area contributed by atoms with E-state index in [1.165, 1.54) is 11.3 Å². The number of thiophene rings is 1. The van der Waals surface area contributed by atoms with Crippen molar-refractivity contribution in [3.63, 3.8) is 0 Å². The molecule has 1 aromatic rings. The number of halogens is 1. The Kier molecular flexibility index (Phi) is 3.52. The van der Waals surface area contributed by atoms with Crippen molar-refractivity contribution in [2.45, 2.75) is 19.9 Å². The molecule has 0 aliphatic rings. The Labute approximate surface area is 93.3 Å². The van der Waals surface area contributed by atoms with Crippen molar-refractivity contribution < 1.29 is 12.3 Å². The summed E-state index contributed by atoms with van der Waals surface area (Å²) in [6.07, 6.45) is 0. The van der Waals surface area contributed by atoms with E-state index < -0.39 is 27.4 Å². The van der Waals surface area contributed by atoms with E-state index in [9.17, 15) is 12.3 Å². The lowest BCUT2D eigenvalue weighted by atomic mass is 9.86. The van der Waals surface area contributed by atoms with E-state index >= 15 is 0 Å². The zero-order chi connectivity index (χ0) is 11.7. The molecule has 0 amide bonds. The maximum absolute atomic E-state index is 12.6. The highest BCUT2D eigenvalue weighted by molar-refractivity contribution is 7.86. The average Bonchev–Trinajstić information content (AvgIpc) is 2.49. The first kappa shape index (κ1) is 12.6. The van der Waals surface area contributed by atoms with E-state index in [2.05, 4.69) is 0 Å². The minimum Gasteiger partial charge on any atom is -0.323 e. The highest BCUT2D eigenvalue weighted by Crippen LogP contribution is 2.35. The fraction of sp³-hybridized carbons (Fsp3) is 0.556. The van der Waals surface area contributed by atoms with Crippen LogP contribution in [0.5, 0.6) is 0 Å². The Morgan fingerprint density at radius 2 is 2.20 bits per heavy atom. The Morgan fingerprint density at radius 3 is 2.60 bits per heavy atom. The van der Waals surface area contributed by atoms with Crippen molar-refractivity contribution in [2.75, 3.05) is 5.75 Å². The fourth-order valence-electron chi connectivity index (χ4n) is 1.39. The molecule has 1 aromatic heterocycles. The lowest BCUT2D eigenvalue weighted by Crippen LogP contribution is -2.34. The third kappa shape index (κ3) is 3.55. The zero-order valence-electron chi connectivity index (χ0n) is 8.60. The van der Waals surface area contributed by atoms with Gasteiger partial charge >= 0.3 is 10.2 Å². The van der Waals surface area contributed by atoms with Crippen LogP contribution >= 0.6 is 11.3 Å². The molecule has 1 rings (SSSR count). The molecule has 1 unspecified atom stereocenters. The molecule has 0 aliphatic heterocycles. The molecule has 2 N–H and O–H groups in total. The Hall–Kier alpha value is -0.460. The van der Waals surface area contributed by atoms with Gasteiger partial charge in [-0.05, 0) is 11.4 Å². The largest absolute Gasteiger partial charge is 0.323 e. The molecule has 6 heteroatoms. The monoisotopic (exact) mass is 251 g/mol. The van der Waals surface area contributed by atoms with Gasteiger partial charge in [0.1, 0.15) is 0 Å². The smallest absolute Gasteiger partial charge is 0.303 e. The molecule has 0 radical (unpaired) electrons. The average molecular weight is 251 g/mol. The van der Waals surface area contributed by atoms with Crippen LogP contribution in [0.25, 0.3) is 0 Å². The highest BCUT2D eigenvalue weighted by Gasteiger charge is 2.33. The van der Waals surface area contributed by atoms with Crippen LogP contribution in [0.1, 0.15) is 24.8 Å². The van der Waals surface area contributed by atoms with E-state index in [-0.39, 0.29) is 0 Å². The minimum atomic E-state index is -4.49. The molecule has 0 aromatic carbocycles. The van der Waals surface area contributed by atoms with Crippen LogP contribution in [-0.4, -0.2) is 14.2 Å². The van der Waals surface area contributed by atoms with Gasteiger partial charge in [0.05, 0.1) is 5.75 Å². The standard InChI is InChI=1S/C9H14FNO2S2/c1-9(2,6-15(10,12)13)8(11)7-4-3-5-14-7/h3-5,8H,6,11H2,1-2H3. The molecule has 0 bridgehead atoms. The first-order chi connectivity index (χ1) is 6.72. The van der Waals surface area contributed by atoms with Gasteiger partial charge in [-0.1, -0.05) is 19.9 Å². The van der Waals surface area contributed by atoms with Crippen molar-refractivity contribution in [3.8, 4) is 0 Å². The number of rotatable bonds is 4. The second-order valence-corrected chi connectivity index (χ2v) is 6.51. The summed E-state index contributed by atoms with van der Waals surface area (Å²) in [6.45, 7) is 3.29. The molecular formula is C9H14FNO2S2. The summed E-state index contributed by atoms with van der Waals surface area (Å²) in [5, 5.41) is 1.86. The lowest BCUT2D eigenvalue weighted by molar-refractivity contribution is 0.328. The first-order valence-electron chi connectivity index (χ1n) is 4.44. The van der Waals surface area contributed by atoms with Crippen LogP contribution in [-0.2, 0) is 10.2 Å². The summed E-state index contributed by atoms with van der Waals surface area (Å²) in [5.41, 5.74) is 5.10. The lowest BCUT2D eigenvalue weighted by Gasteiger charge is -2.29. The number of hydrogen-bond acceptors (Lipinski definition) is 4. The van der Waals surface area contributed by atoms with Crippen LogP contribution < -0.4 is 5.73 Å². The zero-order valence-corrected chi connectivity index (χ0v) is 10.2. The summed E-state index contributed by atoms with van der Waals surface area (Å²) in [6, 6.07) is 3.19.